The lowest BCUT2D eigenvalue weighted by atomic mass is 10.3. The van der Waals surface area contributed by atoms with Crippen LogP contribution in [0.15, 0.2) is 18.2 Å². The molecule has 0 unspecified atom stereocenters. The van der Waals surface area contributed by atoms with Crippen molar-refractivity contribution in [3.63, 3.8) is 0 Å². The lowest BCUT2D eigenvalue weighted by Crippen LogP contribution is -2.26. The van der Waals surface area contributed by atoms with Crippen LogP contribution in [0, 0.1) is 0 Å². The Morgan fingerprint density at radius 1 is 1.26 bits per heavy atom. The molecule has 104 valence electrons. The summed E-state index contributed by atoms with van der Waals surface area (Å²) in [6.07, 6.45) is 0.933. The van der Waals surface area contributed by atoms with Crippen molar-refractivity contribution in [1.29, 1.82) is 0 Å². The number of halogens is 1. The van der Waals surface area contributed by atoms with Crippen molar-refractivity contribution in [3.8, 4) is 0 Å². The molecule has 4 heteroatoms. The average Bonchev–Trinajstić information content (AvgIpc) is 2.65. The highest BCUT2D eigenvalue weighted by Gasteiger charge is 2.13. The maximum atomic E-state index is 6.04. The third-order valence-electron chi connectivity index (χ3n) is 3.14. The van der Waals surface area contributed by atoms with Crippen LogP contribution in [0.25, 0.3) is 11.0 Å². The molecule has 2 aromatic rings. The quantitative estimate of drug-likeness (QED) is 0.902. The predicted octanol–water partition coefficient (Wildman–Crippen LogP) is 3.81. The minimum absolute atomic E-state index is 0.403. The van der Waals surface area contributed by atoms with Gasteiger partial charge in [-0.3, -0.25) is 0 Å². The van der Waals surface area contributed by atoms with Gasteiger partial charge in [-0.25, -0.2) is 4.98 Å². The Balaban J connectivity index is 2.33. The van der Waals surface area contributed by atoms with Gasteiger partial charge in [0.05, 0.1) is 11.0 Å². The van der Waals surface area contributed by atoms with E-state index < -0.39 is 0 Å². The molecule has 0 fully saturated rings. The second-order valence-corrected chi connectivity index (χ2v) is 5.92. The highest BCUT2D eigenvalue weighted by atomic mass is 35.5. The molecule has 0 aliphatic carbocycles. The number of nitrogens with zero attached hydrogens (tertiary/aromatic N) is 2. The van der Waals surface area contributed by atoms with Crippen LogP contribution in [0.1, 0.15) is 39.6 Å². The summed E-state index contributed by atoms with van der Waals surface area (Å²) in [6.45, 7) is 9.64. The Kier molecular flexibility index (Phi) is 4.48. The maximum absolute atomic E-state index is 6.04. The molecule has 3 nitrogen and oxygen atoms in total. The third-order valence-corrected chi connectivity index (χ3v) is 3.38. The van der Waals surface area contributed by atoms with Crippen molar-refractivity contribution in [2.75, 3.05) is 6.54 Å². The van der Waals surface area contributed by atoms with Gasteiger partial charge in [0.1, 0.15) is 5.82 Å². The van der Waals surface area contributed by atoms with Gasteiger partial charge in [0.2, 0.25) is 0 Å². The van der Waals surface area contributed by atoms with E-state index in [1.165, 1.54) is 5.52 Å². The highest BCUT2D eigenvalue weighted by Crippen LogP contribution is 2.24. The van der Waals surface area contributed by atoms with Crippen molar-refractivity contribution in [1.82, 2.24) is 14.9 Å². The van der Waals surface area contributed by atoms with Crippen LogP contribution in [0.4, 0.5) is 0 Å². The fraction of sp³-hybridized carbons (Fsp3) is 0.533. The van der Waals surface area contributed by atoms with E-state index in [4.69, 9.17) is 16.6 Å². The van der Waals surface area contributed by atoms with E-state index in [9.17, 15) is 0 Å². The maximum Gasteiger partial charge on any atom is 0.111 e. The Bertz CT molecular complexity index is 558. The summed E-state index contributed by atoms with van der Waals surface area (Å²) in [5.41, 5.74) is 2.15. The van der Waals surface area contributed by atoms with Crippen LogP contribution in [-0.4, -0.2) is 22.1 Å². The van der Waals surface area contributed by atoms with Gasteiger partial charge in [0.25, 0.3) is 0 Å². The second kappa shape index (κ2) is 5.93. The van der Waals surface area contributed by atoms with E-state index >= 15 is 0 Å². The summed E-state index contributed by atoms with van der Waals surface area (Å²) in [7, 11) is 0. The molecule has 0 amide bonds. The summed E-state index contributed by atoms with van der Waals surface area (Å²) in [5.74, 6) is 1.13. The molecule has 0 saturated heterocycles. The molecular formula is C15H22ClN3. The molecule has 0 atom stereocenters. The van der Waals surface area contributed by atoms with Gasteiger partial charge >= 0.3 is 0 Å². The van der Waals surface area contributed by atoms with Gasteiger partial charge in [-0.2, -0.15) is 0 Å². The van der Waals surface area contributed by atoms with E-state index in [-0.39, 0.29) is 0 Å². The van der Waals surface area contributed by atoms with Crippen LogP contribution in [0.3, 0.4) is 0 Å². The molecule has 0 aliphatic heterocycles. The molecule has 0 aliphatic rings. The Morgan fingerprint density at radius 3 is 2.63 bits per heavy atom. The van der Waals surface area contributed by atoms with E-state index in [2.05, 4.69) is 43.6 Å². The van der Waals surface area contributed by atoms with Gasteiger partial charge in [0.15, 0.2) is 0 Å². The molecule has 2 rings (SSSR count). The number of nitrogens with one attached hydrogen (secondary N) is 1. The summed E-state index contributed by atoms with van der Waals surface area (Å²) in [5, 5.41) is 4.18. The largest absolute Gasteiger partial charge is 0.325 e. The Labute approximate surface area is 120 Å². The van der Waals surface area contributed by atoms with E-state index in [0.717, 1.165) is 29.3 Å². The third kappa shape index (κ3) is 3.28. The highest BCUT2D eigenvalue weighted by molar-refractivity contribution is 6.31. The number of hydrogen-bond donors (Lipinski definition) is 1. The number of benzene rings is 1. The molecule has 1 heterocycles. The molecule has 1 aromatic heterocycles. The molecule has 1 aromatic carbocycles. The predicted molar refractivity (Wildman–Crippen MR) is 82.0 cm³/mol. The zero-order valence-electron chi connectivity index (χ0n) is 12.1. The lowest BCUT2D eigenvalue weighted by Gasteiger charge is -2.14. The van der Waals surface area contributed by atoms with Crippen molar-refractivity contribution in [2.24, 2.45) is 0 Å². The first-order valence-electron chi connectivity index (χ1n) is 6.88. The average molecular weight is 280 g/mol. The molecule has 0 saturated carbocycles. The first-order chi connectivity index (χ1) is 8.99. The summed E-state index contributed by atoms with van der Waals surface area (Å²) in [6, 6.07) is 6.84. The van der Waals surface area contributed by atoms with Crippen LogP contribution in [-0.2, 0) is 6.42 Å². The number of aromatic nitrogens is 2. The lowest BCUT2D eigenvalue weighted by molar-refractivity contribution is 0.546. The topological polar surface area (TPSA) is 29.9 Å². The van der Waals surface area contributed by atoms with E-state index in [1.54, 1.807) is 0 Å². The summed E-state index contributed by atoms with van der Waals surface area (Å²) >= 11 is 6.04. The van der Waals surface area contributed by atoms with Crippen molar-refractivity contribution in [3.05, 3.63) is 29.0 Å². The molecule has 0 spiro atoms. The number of imidazole rings is 1. The monoisotopic (exact) mass is 279 g/mol. The molecule has 0 radical (unpaired) electrons. The Hall–Kier alpha value is -1.06. The van der Waals surface area contributed by atoms with Crippen molar-refractivity contribution < 1.29 is 0 Å². The molecule has 0 bridgehead atoms. The second-order valence-electron chi connectivity index (χ2n) is 5.48. The summed E-state index contributed by atoms with van der Waals surface area (Å²) < 4.78 is 2.30. The number of hydrogen-bond acceptors (Lipinski definition) is 2. The van der Waals surface area contributed by atoms with Crippen LogP contribution >= 0.6 is 11.6 Å². The van der Waals surface area contributed by atoms with Gasteiger partial charge in [-0.05, 0) is 32.0 Å². The minimum Gasteiger partial charge on any atom is -0.325 e. The van der Waals surface area contributed by atoms with Gasteiger partial charge in [-0.1, -0.05) is 25.4 Å². The van der Waals surface area contributed by atoms with Gasteiger partial charge < -0.3 is 9.88 Å². The molecule has 19 heavy (non-hydrogen) atoms. The van der Waals surface area contributed by atoms with Gasteiger partial charge in [0, 0.05) is 30.1 Å². The standard InChI is InChI=1S/C15H22ClN3/c1-10(2)17-8-7-15-18-13-9-12(16)5-6-14(13)19(15)11(3)4/h5-6,9-11,17H,7-8H2,1-4H3. The van der Waals surface area contributed by atoms with E-state index in [1.807, 2.05) is 12.1 Å². The number of fused-ring (bicyclic) bond motifs is 1. The molecular weight excluding hydrogens is 258 g/mol. The zero-order valence-corrected chi connectivity index (χ0v) is 12.8. The first-order valence-corrected chi connectivity index (χ1v) is 7.26. The van der Waals surface area contributed by atoms with Crippen LogP contribution in [0.5, 0.6) is 0 Å². The molecule has 1 N–H and O–H groups in total. The number of rotatable bonds is 5. The van der Waals surface area contributed by atoms with E-state index in [0.29, 0.717) is 12.1 Å². The van der Waals surface area contributed by atoms with Crippen molar-refractivity contribution >= 4 is 22.6 Å². The van der Waals surface area contributed by atoms with Gasteiger partial charge in [-0.15, -0.1) is 0 Å². The normalized spacial score (nSPS) is 11.9. The smallest absolute Gasteiger partial charge is 0.111 e. The fourth-order valence-corrected chi connectivity index (χ4v) is 2.51. The first kappa shape index (κ1) is 14.4. The SMILES string of the molecule is CC(C)NCCc1nc2cc(Cl)ccc2n1C(C)C. The Morgan fingerprint density at radius 2 is 2.00 bits per heavy atom. The minimum atomic E-state index is 0.403. The fourth-order valence-electron chi connectivity index (χ4n) is 2.35. The summed E-state index contributed by atoms with van der Waals surface area (Å²) in [4.78, 5) is 4.73. The van der Waals surface area contributed by atoms with Crippen LogP contribution < -0.4 is 5.32 Å². The van der Waals surface area contributed by atoms with Crippen molar-refractivity contribution in [2.45, 2.75) is 46.2 Å². The zero-order chi connectivity index (χ0) is 14.0. The van der Waals surface area contributed by atoms with Crippen LogP contribution in [0.2, 0.25) is 5.02 Å².